The van der Waals surface area contributed by atoms with E-state index >= 15 is 0 Å². The van der Waals surface area contributed by atoms with E-state index in [1.807, 2.05) is 0 Å². The molecule has 8 heteroatoms. The smallest absolute Gasteiger partial charge is 0.393 e. The molecule has 0 heterocycles. The Morgan fingerprint density at radius 3 is 2.25 bits per heavy atom. The van der Waals surface area contributed by atoms with Crippen molar-refractivity contribution in [2.75, 3.05) is 18.5 Å². The van der Waals surface area contributed by atoms with Crippen molar-refractivity contribution in [3.63, 3.8) is 0 Å². The first-order valence-corrected chi connectivity index (χ1v) is 5.69. The second-order valence-corrected chi connectivity index (χ2v) is 4.54. The Morgan fingerprint density at radius 1 is 1.25 bits per heavy atom. The van der Waals surface area contributed by atoms with Crippen molar-refractivity contribution < 1.29 is 28.2 Å². The second kappa shape index (κ2) is 6.10. The van der Waals surface area contributed by atoms with Gasteiger partial charge in [-0.3, -0.25) is 0 Å². The summed E-state index contributed by atoms with van der Waals surface area (Å²) in [7, 11) is 0. The molecule has 112 valence electrons. The van der Waals surface area contributed by atoms with Gasteiger partial charge in [0.1, 0.15) is 5.60 Å². The number of hydrogen-bond donors (Lipinski definition) is 4. The van der Waals surface area contributed by atoms with Crippen LogP contribution < -0.4 is 10.6 Å². The molecule has 0 spiro atoms. The van der Waals surface area contributed by atoms with Crippen LogP contribution in [0.1, 0.15) is 12.5 Å². The summed E-state index contributed by atoms with van der Waals surface area (Å²) in [6, 6.07) is 3.23. The average Bonchev–Trinajstić information content (AvgIpc) is 2.36. The molecule has 0 aliphatic heterocycles. The fraction of sp³-hybridized carbons (Fsp3) is 0.417. The number of hydrogen-bond acceptors (Lipinski definition) is 3. The zero-order valence-corrected chi connectivity index (χ0v) is 10.7. The second-order valence-electron chi connectivity index (χ2n) is 4.54. The minimum absolute atomic E-state index is 0.180. The zero-order valence-electron chi connectivity index (χ0n) is 10.7. The highest BCUT2D eigenvalue weighted by atomic mass is 19.4. The van der Waals surface area contributed by atoms with Gasteiger partial charge in [-0.15, -0.1) is 0 Å². The molecule has 0 saturated heterocycles. The van der Waals surface area contributed by atoms with Gasteiger partial charge in [0, 0.05) is 5.69 Å². The molecular formula is C12H15F3N2O3. The maximum absolute atomic E-state index is 12.3. The number of aliphatic hydroxyl groups is 2. The number of rotatable bonds is 4. The minimum atomic E-state index is -4.43. The Hall–Kier alpha value is -1.80. The summed E-state index contributed by atoms with van der Waals surface area (Å²) < 4.78 is 37.0. The van der Waals surface area contributed by atoms with Crippen molar-refractivity contribution >= 4 is 11.7 Å². The van der Waals surface area contributed by atoms with E-state index in [4.69, 9.17) is 5.11 Å². The number of anilines is 1. The minimum Gasteiger partial charge on any atom is -0.393 e. The SMILES string of the molecule is CC(O)(CO)CNC(=O)Nc1ccc(C(F)(F)F)cc1. The number of amides is 2. The summed E-state index contributed by atoms with van der Waals surface area (Å²) in [5.41, 5.74) is -2.09. The van der Waals surface area contributed by atoms with Gasteiger partial charge in [-0.05, 0) is 31.2 Å². The average molecular weight is 292 g/mol. The molecule has 0 fully saturated rings. The van der Waals surface area contributed by atoms with Crippen LogP contribution in [0.15, 0.2) is 24.3 Å². The lowest BCUT2D eigenvalue weighted by Crippen LogP contribution is -2.44. The van der Waals surface area contributed by atoms with E-state index in [1.54, 1.807) is 0 Å². The number of benzene rings is 1. The molecule has 1 aromatic rings. The fourth-order valence-electron chi connectivity index (χ4n) is 1.24. The molecule has 1 unspecified atom stereocenters. The summed E-state index contributed by atoms with van der Waals surface area (Å²) in [6.45, 7) is 0.592. The maximum atomic E-state index is 12.3. The summed E-state index contributed by atoms with van der Waals surface area (Å²) in [4.78, 5) is 11.4. The molecule has 2 amide bonds. The Morgan fingerprint density at radius 2 is 1.80 bits per heavy atom. The highest BCUT2D eigenvalue weighted by Crippen LogP contribution is 2.29. The number of carbonyl (C=O) groups excluding carboxylic acids is 1. The van der Waals surface area contributed by atoms with Gasteiger partial charge in [-0.25, -0.2) is 4.79 Å². The van der Waals surface area contributed by atoms with Gasteiger partial charge in [0.15, 0.2) is 0 Å². The Balaban J connectivity index is 2.55. The molecule has 1 aromatic carbocycles. The first-order valence-electron chi connectivity index (χ1n) is 5.69. The van der Waals surface area contributed by atoms with Crippen molar-refractivity contribution in [3.05, 3.63) is 29.8 Å². The topological polar surface area (TPSA) is 81.6 Å². The predicted molar refractivity (Wildman–Crippen MR) is 66.2 cm³/mol. The van der Waals surface area contributed by atoms with Gasteiger partial charge in [0.25, 0.3) is 0 Å². The van der Waals surface area contributed by atoms with E-state index in [0.717, 1.165) is 24.3 Å². The van der Waals surface area contributed by atoms with E-state index in [0.29, 0.717) is 0 Å². The van der Waals surface area contributed by atoms with Crippen LogP contribution in [0, 0.1) is 0 Å². The van der Waals surface area contributed by atoms with Gasteiger partial charge in [0.2, 0.25) is 0 Å². The summed E-state index contributed by atoms with van der Waals surface area (Å²) in [6.07, 6.45) is -4.43. The third-order valence-corrected chi connectivity index (χ3v) is 2.44. The number of alkyl halides is 3. The number of urea groups is 1. The molecule has 1 atom stereocenters. The van der Waals surface area contributed by atoms with Crippen molar-refractivity contribution in [1.29, 1.82) is 0 Å². The van der Waals surface area contributed by atoms with Gasteiger partial charge < -0.3 is 20.8 Å². The van der Waals surface area contributed by atoms with Crippen LogP contribution in [0.4, 0.5) is 23.7 Å². The molecule has 0 aliphatic rings. The Bertz CT molecular complexity index is 458. The standard InChI is InChI=1S/C12H15F3N2O3/c1-11(20,7-18)6-16-10(19)17-9-4-2-8(3-5-9)12(13,14)15/h2-5,18,20H,6-7H2,1H3,(H2,16,17,19). The van der Waals surface area contributed by atoms with E-state index in [9.17, 15) is 23.1 Å². The Kier molecular flexibility index (Phi) is 4.96. The number of aliphatic hydroxyl groups excluding tert-OH is 1. The van der Waals surface area contributed by atoms with Crippen molar-refractivity contribution in [1.82, 2.24) is 5.32 Å². The molecule has 0 saturated carbocycles. The highest BCUT2D eigenvalue weighted by molar-refractivity contribution is 5.89. The fourth-order valence-corrected chi connectivity index (χ4v) is 1.24. The van der Waals surface area contributed by atoms with Gasteiger partial charge in [-0.1, -0.05) is 0 Å². The van der Waals surface area contributed by atoms with Crippen LogP contribution in [0.2, 0.25) is 0 Å². The molecule has 4 N–H and O–H groups in total. The third-order valence-electron chi connectivity index (χ3n) is 2.44. The van der Waals surface area contributed by atoms with Crippen LogP contribution in [-0.4, -0.2) is 35.0 Å². The van der Waals surface area contributed by atoms with Crippen molar-refractivity contribution in [2.24, 2.45) is 0 Å². The van der Waals surface area contributed by atoms with E-state index < -0.39 is 30.0 Å². The van der Waals surface area contributed by atoms with Gasteiger partial charge in [-0.2, -0.15) is 13.2 Å². The summed E-state index contributed by atoms with van der Waals surface area (Å²) in [5.74, 6) is 0. The monoisotopic (exact) mass is 292 g/mol. The van der Waals surface area contributed by atoms with Gasteiger partial charge in [0.05, 0.1) is 18.7 Å². The molecule has 0 aliphatic carbocycles. The molecule has 1 rings (SSSR count). The van der Waals surface area contributed by atoms with Crippen molar-refractivity contribution in [3.8, 4) is 0 Å². The molecule has 5 nitrogen and oxygen atoms in total. The van der Waals surface area contributed by atoms with Crippen LogP contribution in [-0.2, 0) is 6.18 Å². The lowest BCUT2D eigenvalue weighted by Gasteiger charge is -2.20. The lowest BCUT2D eigenvalue weighted by molar-refractivity contribution is -0.137. The number of carbonyl (C=O) groups is 1. The summed E-state index contributed by atoms with van der Waals surface area (Å²) in [5, 5.41) is 22.8. The van der Waals surface area contributed by atoms with Crippen LogP contribution >= 0.6 is 0 Å². The molecule has 20 heavy (non-hydrogen) atoms. The Labute approximate surface area is 113 Å². The maximum Gasteiger partial charge on any atom is 0.416 e. The zero-order chi connectivity index (χ0) is 15.4. The van der Waals surface area contributed by atoms with Gasteiger partial charge >= 0.3 is 12.2 Å². The molecule has 0 radical (unpaired) electrons. The van der Waals surface area contributed by atoms with E-state index in [2.05, 4.69) is 10.6 Å². The van der Waals surface area contributed by atoms with E-state index in [-0.39, 0.29) is 12.2 Å². The number of halogens is 3. The molecular weight excluding hydrogens is 277 g/mol. The first-order chi connectivity index (χ1) is 9.14. The molecule has 0 bridgehead atoms. The normalized spacial score (nSPS) is 14.5. The molecule has 0 aromatic heterocycles. The van der Waals surface area contributed by atoms with Crippen LogP contribution in [0.3, 0.4) is 0 Å². The number of nitrogens with one attached hydrogen (secondary N) is 2. The lowest BCUT2D eigenvalue weighted by atomic mass is 10.1. The quantitative estimate of drug-likeness (QED) is 0.680. The van der Waals surface area contributed by atoms with E-state index in [1.165, 1.54) is 6.92 Å². The largest absolute Gasteiger partial charge is 0.416 e. The highest BCUT2D eigenvalue weighted by Gasteiger charge is 2.30. The first kappa shape index (κ1) is 16.3. The van der Waals surface area contributed by atoms with Crippen LogP contribution in [0.25, 0.3) is 0 Å². The van der Waals surface area contributed by atoms with Crippen molar-refractivity contribution in [2.45, 2.75) is 18.7 Å². The third kappa shape index (κ3) is 5.06. The van der Waals surface area contributed by atoms with Crippen LogP contribution in [0.5, 0.6) is 0 Å². The summed E-state index contributed by atoms with van der Waals surface area (Å²) >= 11 is 0. The predicted octanol–water partition coefficient (Wildman–Crippen LogP) is 1.57.